The summed E-state index contributed by atoms with van der Waals surface area (Å²) >= 11 is 0. The molecule has 2 nitrogen and oxygen atoms in total. The Morgan fingerprint density at radius 2 is 2.12 bits per heavy atom. The molecule has 0 aliphatic carbocycles. The van der Waals surface area contributed by atoms with Crippen LogP contribution >= 0.6 is 0 Å². The highest BCUT2D eigenvalue weighted by Crippen LogP contribution is 2.15. The molecule has 0 aromatic heterocycles. The summed E-state index contributed by atoms with van der Waals surface area (Å²) in [6, 6.07) is 1.55. The molecule has 2 atom stereocenters. The summed E-state index contributed by atoms with van der Waals surface area (Å²) in [5.41, 5.74) is 0. The van der Waals surface area contributed by atoms with Gasteiger partial charge in [-0.1, -0.05) is 26.7 Å². The molecule has 0 bridgehead atoms. The summed E-state index contributed by atoms with van der Waals surface area (Å²) < 4.78 is 0. The van der Waals surface area contributed by atoms with Crippen molar-refractivity contribution in [1.82, 2.24) is 10.2 Å². The van der Waals surface area contributed by atoms with E-state index in [4.69, 9.17) is 0 Å². The van der Waals surface area contributed by atoms with Gasteiger partial charge in [-0.05, 0) is 39.2 Å². The first kappa shape index (κ1) is 14.0. The van der Waals surface area contributed by atoms with Gasteiger partial charge >= 0.3 is 0 Å². The first-order valence-corrected chi connectivity index (χ1v) is 7.25. The van der Waals surface area contributed by atoms with Crippen LogP contribution in [0.2, 0.25) is 0 Å². The maximum Gasteiger partial charge on any atom is 0.0110 e. The highest BCUT2D eigenvalue weighted by atomic mass is 15.2. The maximum absolute atomic E-state index is 3.70. The molecule has 0 saturated carbocycles. The van der Waals surface area contributed by atoms with Crippen LogP contribution in [0.15, 0.2) is 0 Å². The fourth-order valence-corrected chi connectivity index (χ4v) is 2.70. The van der Waals surface area contributed by atoms with Crippen LogP contribution in [-0.4, -0.2) is 36.6 Å². The van der Waals surface area contributed by atoms with Crippen LogP contribution < -0.4 is 5.32 Å². The molecule has 2 unspecified atom stereocenters. The number of hydrogen-bond donors (Lipinski definition) is 1. The Kier molecular flexibility index (Phi) is 7.06. The Hall–Kier alpha value is -0.0800. The molecule has 96 valence electrons. The zero-order valence-corrected chi connectivity index (χ0v) is 11.5. The van der Waals surface area contributed by atoms with Gasteiger partial charge in [0.15, 0.2) is 0 Å². The molecule has 1 aliphatic rings. The van der Waals surface area contributed by atoms with E-state index in [9.17, 15) is 0 Å². The van der Waals surface area contributed by atoms with Crippen molar-refractivity contribution in [1.29, 1.82) is 0 Å². The molecule has 0 radical (unpaired) electrons. The van der Waals surface area contributed by atoms with Gasteiger partial charge in [-0.3, -0.25) is 4.90 Å². The van der Waals surface area contributed by atoms with Crippen LogP contribution in [-0.2, 0) is 0 Å². The van der Waals surface area contributed by atoms with Gasteiger partial charge in [-0.15, -0.1) is 0 Å². The largest absolute Gasteiger partial charge is 0.313 e. The number of nitrogens with zero attached hydrogens (tertiary/aromatic N) is 1. The van der Waals surface area contributed by atoms with Crippen molar-refractivity contribution in [3.63, 3.8) is 0 Å². The Morgan fingerprint density at radius 1 is 1.31 bits per heavy atom. The normalized spacial score (nSPS) is 24.6. The molecule has 0 spiro atoms. The van der Waals surface area contributed by atoms with E-state index in [0.29, 0.717) is 0 Å². The Morgan fingerprint density at radius 3 is 2.75 bits per heavy atom. The van der Waals surface area contributed by atoms with E-state index in [0.717, 1.165) is 12.1 Å². The van der Waals surface area contributed by atoms with Crippen LogP contribution in [0.25, 0.3) is 0 Å². The molecule has 0 aromatic carbocycles. The van der Waals surface area contributed by atoms with Gasteiger partial charge in [0.05, 0.1) is 0 Å². The Bertz CT molecular complexity index is 170. The standard InChI is InChI=1S/C14H30N2/c1-4-8-14(5-2)15-10-12-16-11-7-6-9-13(16)3/h13-15H,4-12H2,1-3H3. The molecular weight excluding hydrogens is 196 g/mol. The fraction of sp³-hybridized carbons (Fsp3) is 1.00. The minimum Gasteiger partial charge on any atom is -0.313 e. The summed E-state index contributed by atoms with van der Waals surface area (Å²) in [5, 5.41) is 3.70. The Labute approximate surface area is 102 Å². The smallest absolute Gasteiger partial charge is 0.0110 e. The second-order valence-electron chi connectivity index (χ2n) is 5.23. The second-order valence-corrected chi connectivity index (χ2v) is 5.23. The summed E-state index contributed by atoms with van der Waals surface area (Å²) in [5.74, 6) is 0. The third kappa shape index (κ3) is 4.84. The molecule has 1 aliphatic heterocycles. The fourth-order valence-electron chi connectivity index (χ4n) is 2.70. The lowest BCUT2D eigenvalue weighted by atomic mass is 10.0. The van der Waals surface area contributed by atoms with E-state index >= 15 is 0 Å². The summed E-state index contributed by atoms with van der Waals surface area (Å²) in [4.78, 5) is 2.65. The van der Waals surface area contributed by atoms with E-state index < -0.39 is 0 Å². The van der Waals surface area contributed by atoms with Crippen molar-refractivity contribution in [2.75, 3.05) is 19.6 Å². The molecular formula is C14H30N2. The molecule has 0 amide bonds. The lowest BCUT2D eigenvalue weighted by molar-refractivity contribution is 0.159. The van der Waals surface area contributed by atoms with E-state index in [1.54, 1.807) is 0 Å². The summed E-state index contributed by atoms with van der Waals surface area (Å²) in [7, 11) is 0. The number of hydrogen-bond acceptors (Lipinski definition) is 2. The monoisotopic (exact) mass is 226 g/mol. The van der Waals surface area contributed by atoms with Crippen molar-refractivity contribution in [3.8, 4) is 0 Å². The van der Waals surface area contributed by atoms with Crippen LogP contribution in [0.3, 0.4) is 0 Å². The highest BCUT2D eigenvalue weighted by molar-refractivity contribution is 4.74. The second kappa shape index (κ2) is 8.08. The molecule has 1 N–H and O–H groups in total. The molecule has 1 rings (SSSR count). The van der Waals surface area contributed by atoms with Crippen molar-refractivity contribution in [3.05, 3.63) is 0 Å². The third-order valence-electron chi connectivity index (χ3n) is 3.90. The predicted octanol–water partition coefficient (Wildman–Crippen LogP) is 3.03. The quantitative estimate of drug-likeness (QED) is 0.718. The van der Waals surface area contributed by atoms with Crippen molar-refractivity contribution in [2.45, 2.75) is 71.4 Å². The molecule has 2 heteroatoms. The third-order valence-corrected chi connectivity index (χ3v) is 3.90. The minimum absolute atomic E-state index is 0.741. The zero-order valence-electron chi connectivity index (χ0n) is 11.5. The van der Waals surface area contributed by atoms with Crippen LogP contribution in [0, 0.1) is 0 Å². The molecule has 1 saturated heterocycles. The lowest BCUT2D eigenvalue weighted by Gasteiger charge is -2.33. The van der Waals surface area contributed by atoms with Gasteiger partial charge in [0.2, 0.25) is 0 Å². The molecule has 0 aromatic rings. The van der Waals surface area contributed by atoms with Gasteiger partial charge in [0.25, 0.3) is 0 Å². The average molecular weight is 226 g/mol. The van der Waals surface area contributed by atoms with E-state index in [1.165, 1.54) is 58.2 Å². The number of nitrogens with one attached hydrogen (secondary N) is 1. The van der Waals surface area contributed by atoms with Gasteiger partial charge in [0, 0.05) is 25.2 Å². The number of likely N-dealkylation sites (tertiary alicyclic amines) is 1. The number of piperidine rings is 1. The van der Waals surface area contributed by atoms with Crippen LogP contribution in [0.4, 0.5) is 0 Å². The van der Waals surface area contributed by atoms with Crippen molar-refractivity contribution < 1.29 is 0 Å². The van der Waals surface area contributed by atoms with Crippen molar-refractivity contribution >= 4 is 0 Å². The van der Waals surface area contributed by atoms with Crippen LogP contribution in [0.5, 0.6) is 0 Å². The van der Waals surface area contributed by atoms with E-state index in [2.05, 4.69) is 31.0 Å². The molecule has 1 fully saturated rings. The van der Waals surface area contributed by atoms with E-state index in [-0.39, 0.29) is 0 Å². The predicted molar refractivity (Wildman–Crippen MR) is 71.9 cm³/mol. The minimum atomic E-state index is 0.741. The first-order chi connectivity index (χ1) is 7.77. The molecule has 16 heavy (non-hydrogen) atoms. The van der Waals surface area contributed by atoms with Crippen LogP contribution in [0.1, 0.15) is 59.3 Å². The molecule has 1 heterocycles. The zero-order chi connectivity index (χ0) is 11.8. The average Bonchev–Trinajstić information content (AvgIpc) is 2.30. The van der Waals surface area contributed by atoms with Gasteiger partial charge in [-0.25, -0.2) is 0 Å². The topological polar surface area (TPSA) is 15.3 Å². The van der Waals surface area contributed by atoms with Gasteiger partial charge in [-0.2, -0.15) is 0 Å². The number of rotatable bonds is 7. The van der Waals surface area contributed by atoms with E-state index in [1.807, 2.05) is 0 Å². The maximum atomic E-state index is 3.70. The Balaban J connectivity index is 2.13. The van der Waals surface area contributed by atoms with Gasteiger partial charge < -0.3 is 5.32 Å². The lowest BCUT2D eigenvalue weighted by Crippen LogP contribution is -2.43. The highest BCUT2D eigenvalue weighted by Gasteiger charge is 2.17. The van der Waals surface area contributed by atoms with Gasteiger partial charge in [0.1, 0.15) is 0 Å². The van der Waals surface area contributed by atoms with Crippen molar-refractivity contribution in [2.24, 2.45) is 0 Å². The summed E-state index contributed by atoms with van der Waals surface area (Å²) in [6.45, 7) is 10.7. The first-order valence-electron chi connectivity index (χ1n) is 7.25. The summed E-state index contributed by atoms with van der Waals surface area (Å²) in [6.07, 6.45) is 8.11. The SMILES string of the molecule is CCCC(CC)NCCN1CCCCC1C.